The molecule has 0 atom stereocenters. The van der Waals surface area contributed by atoms with E-state index in [-0.39, 0.29) is 24.3 Å². The van der Waals surface area contributed by atoms with Crippen molar-refractivity contribution in [1.29, 1.82) is 0 Å². The predicted octanol–water partition coefficient (Wildman–Crippen LogP) is 4.46. The zero-order valence-electron chi connectivity index (χ0n) is 17.7. The van der Waals surface area contributed by atoms with Crippen molar-refractivity contribution in [2.24, 2.45) is 5.92 Å². The highest BCUT2D eigenvalue weighted by molar-refractivity contribution is 5.95. The van der Waals surface area contributed by atoms with E-state index >= 15 is 0 Å². The van der Waals surface area contributed by atoms with Gasteiger partial charge in [-0.15, -0.1) is 0 Å². The molecule has 0 spiro atoms. The summed E-state index contributed by atoms with van der Waals surface area (Å²) in [6.45, 7) is 6.05. The van der Waals surface area contributed by atoms with Crippen LogP contribution in [0, 0.1) is 5.92 Å². The summed E-state index contributed by atoms with van der Waals surface area (Å²) in [6, 6.07) is 14.2. The van der Waals surface area contributed by atoms with E-state index < -0.39 is 0 Å². The molecule has 2 aromatic carbocycles. The maximum absolute atomic E-state index is 12.1. The Morgan fingerprint density at radius 3 is 1.60 bits per heavy atom. The van der Waals surface area contributed by atoms with Crippen LogP contribution in [0.3, 0.4) is 0 Å². The van der Waals surface area contributed by atoms with Gasteiger partial charge in [0.05, 0.1) is 6.54 Å². The molecule has 0 aromatic heterocycles. The minimum Gasteiger partial charge on any atom is -0.376 e. The fourth-order valence-electron chi connectivity index (χ4n) is 2.73. The van der Waals surface area contributed by atoms with E-state index in [0.29, 0.717) is 30.1 Å². The molecule has 0 radical (unpaired) electrons. The molecule has 2 rings (SSSR count). The van der Waals surface area contributed by atoms with Gasteiger partial charge in [-0.25, -0.2) is 0 Å². The second kappa shape index (κ2) is 11.6. The fraction of sp³-hybridized carbons (Fsp3) is 0.348. The second-order valence-corrected chi connectivity index (χ2v) is 7.50. The number of hydrogen-bond acceptors (Lipinski definition) is 4. The summed E-state index contributed by atoms with van der Waals surface area (Å²) in [7, 11) is 0. The quantitative estimate of drug-likeness (QED) is 0.465. The molecule has 0 aliphatic heterocycles. The summed E-state index contributed by atoms with van der Waals surface area (Å²) in [5.41, 5.74) is 2.85. The van der Waals surface area contributed by atoms with Crippen molar-refractivity contribution in [1.82, 2.24) is 0 Å². The standard InChI is InChI=1S/C23H30N4O3/c1-4-5-21(28)25-18-10-12-20(13-11-18)27-23(30)15-24-17-6-8-19(9-7-17)26-22(29)14-16(2)3/h6-13,16,24H,4-5,14-15H2,1-3H3,(H,25,28)(H,26,29)(H,27,30). The average Bonchev–Trinajstić information content (AvgIpc) is 2.68. The Labute approximate surface area is 177 Å². The van der Waals surface area contributed by atoms with E-state index in [0.717, 1.165) is 17.8 Å². The Kier molecular flexibility index (Phi) is 8.87. The lowest BCUT2D eigenvalue weighted by atomic mass is 10.1. The fourth-order valence-corrected chi connectivity index (χ4v) is 2.73. The zero-order chi connectivity index (χ0) is 21.9. The highest BCUT2D eigenvalue weighted by Crippen LogP contribution is 2.16. The Bertz CT molecular complexity index is 846. The lowest BCUT2D eigenvalue weighted by Gasteiger charge is -2.10. The van der Waals surface area contributed by atoms with E-state index in [1.807, 2.05) is 32.9 Å². The first-order valence-electron chi connectivity index (χ1n) is 10.2. The van der Waals surface area contributed by atoms with Crippen molar-refractivity contribution < 1.29 is 14.4 Å². The molecule has 0 aliphatic rings. The average molecular weight is 411 g/mol. The highest BCUT2D eigenvalue weighted by Gasteiger charge is 2.06. The molecule has 0 bridgehead atoms. The van der Waals surface area contributed by atoms with Crippen LogP contribution in [0.15, 0.2) is 48.5 Å². The van der Waals surface area contributed by atoms with E-state index in [2.05, 4.69) is 21.3 Å². The lowest BCUT2D eigenvalue weighted by molar-refractivity contribution is -0.117. The van der Waals surface area contributed by atoms with Crippen molar-refractivity contribution in [2.45, 2.75) is 40.0 Å². The van der Waals surface area contributed by atoms with Crippen molar-refractivity contribution in [3.8, 4) is 0 Å². The predicted molar refractivity (Wildman–Crippen MR) is 122 cm³/mol. The first kappa shape index (κ1) is 22.9. The van der Waals surface area contributed by atoms with Gasteiger partial charge >= 0.3 is 0 Å². The Balaban J connectivity index is 1.77. The van der Waals surface area contributed by atoms with Gasteiger partial charge in [0.1, 0.15) is 0 Å². The van der Waals surface area contributed by atoms with E-state index in [1.165, 1.54) is 0 Å². The Hall–Kier alpha value is -3.35. The second-order valence-electron chi connectivity index (χ2n) is 7.50. The van der Waals surface area contributed by atoms with Crippen LogP contribution in [0.2, 0.25) is 0 Å². The maximum Gasteiger partial charge on any atom is 0.243 e. The first-order valence-corrected chi connectivity index (χ1v) is 10.2. The third kappa shape index (κ3) is 8.34. The van der Waals surface area contributed by atoms with Crippen LogP contribution < -0.4 is 21.3 Å². The van der Waals surface area contributed by atoms with Crippen molar-refractivity contribution in [3.05, 3.63) is 48.5 Å². The summed E-state index contributed by atoms with van der Waals surface area (Å²) in [5.74, 6) is 0.0811. The summed E-state index contributed by atoms with van der Waals surface area (Å²) in [6.07, 6.45) is 1.75. The molecule has 0 unspecified atom stereocenters. The summed E-state index contributed by atoms with van der Waals surface area (Å²) in [4.78, 5) is 35.5. The molecule has 3 amide bonds. The number of hydrogen-bond donors (Lipinski definition) is 4. The van der Waals surface area contributed by atoms with Gasteiger partial charge in [0.15, 0.2) is 0 Å². The van der Waals surface area contributed by atoms with Gasteiger partial charge in [-0.1, -0.05) is 20.8 Å². The van der Waals surface area contributed by atoms with Crippen molar-refractivity contribution >= 4 is 40.5 Å². The van der Waals surface area contributed by atoms with Crippen molar-refractivity contribution in [3.63, 3.8) is 0 Å². The molecule has 0 aliphatic carbocycles. The van der Waals surface area contributed by atoms with E-state index in [4.69, 9.17) is 0 Å². The number of rotatable bonds is 10. The van der Waals surface area contributed by atoms with Gasteiger partial charge in [-0.2, -0.15) is 0 Å². The van der Waals surface area contributed by atoms with Crippen molar-refractivity contribution in [2.75, 3.05) is 27.8 Å². The van der Waals surface area contributed by atoms with E-state index in [9.17, 15) is 14.4 Å². The van der Waals surface area contributed by atoms with E-state index in [1.54, 1.807) is 36.4 Å². The molecule has 30 heavy (non-hydrogen) atoms. The maximum atomic E-state index is 12.1. The van der Waals surface area contributed by atoms with Gasteiger partial charge in [-0.05, 0) is 60.9 Å². The van der Waals surface area contributed by atoms with Gasteiger partial charge < -0.3 is 21.3 Å². The molecule has 0 fully saturated rings. The monoisotopic (exact) mass is 410 g/mol. The molecule has 7 nitrogen and oxygen atoms in total. The number of benzene rings is 2. The van der Waals surface area contributed by atoms with Crippen LogP contribution in [0.4, 0.5) is 22.7 Å². The Morgan fingerprint density at radius 1 is 0.700 bits per heavy atom. The molecular weight excluding hydrogens is 380 g/mol. The van der Waals surface area contributed by atoms with Crippen LogP contribution >= 0.6 is 0 Å². The minimum absolute atomic E-state index is 0.0129. The number of carbonyl (C=O) groups excluding carboxylic acids is 3. The molecule has 0 heterocycles. The zero-order valence-corrected chi connectivity index (χ0v) is 17.7. The van der Waals surface area contributed by atoms with Gasteiger partial charge in [0.25, 0.3) is 0 Å². The van der Waals surface area contributed by atoms with Crippen LogP contribution in [0.1, 0.15) is 40.0 Å². The van der Waals surface area contributed by atoms with Gasteiger partial charge in [-0.3, -0.25) is 14.4 Å². The van der Waals surface area contributed by atoms with Crippen LogP contribution in [0.5, 0.6) is 0 Å². The summed E-state index contributed by atoms with van der Waals surface area (Å²) in [5, 5.41) is 11.5. The summed E-state index contributed by atoms with van der Waals surface area (Å²) >= 11 is 0. The number of amides is 3. The Morgan fingerprint density at radius 2 is 1.13 bits per heavy atom. The normalized spacial score (nSPS) is 10.4. The van der Waals surface area contributed by atoms with Crippen LogP contribution in [-0.4, -0.2) is 24.3 Å². The SMILES string of the molecule is CCCC(=O)Nc1ccc(NC(=O)CNc2ccc(NC(=O)CC(C)C)cc2)cc1. The molecule has 160 valence electrons. The summed E-state index contributed by atoms with van der Waals surface area (Å²) < 4.78 is 0. The third-order valence-electron chi connectivity index (χ3n) is 4.14. The highest BCUT2D eigenvalue weighted by atomic mass is 16.2. The molecule has 7 heteroatoms. The van der Waals surface area contributed by atoms with Crippen LogP contribution in [0.25, 0.3) is 0 Å². The van der Waals surface area contributed by atoms with Gasteiger partial charge in [0, 0.05) is 35.6 Å². The molecule has 0 saturated heterocycles. The number of anilines is 4. The number of nitrogens with one attached hydrogen (secondary N) is 4. The van der Waals surface area contributed by atoms with Gasteiger partial charge in [0.2, 0.25) is 17.7 Å². The third-order valence-corrected chi connectivity index (χ3v) is 4.14. The topological polar surface area (TPSA) is 99.3 Å². The molecule has 0 saturated carbocycles. The first-order chi connectivity index (χ1) is 14.4. The smallest absolute Gasteiger partial charge is 0.243 e. The van der Waals surface area contributed by atoms with Crippen LogP contribution in [-0.2, 0) is 14.4 Å². The molecule has 2 aromatic rings. The minimum atomic E-state index is -0.188. The lowest BCUT2D eigenvalue weighted by Crippen LogP contribution is -2.21. The molecule has 4 N–H and O–H groups in total. The largest absolute Gasteiger partial charge is 0.376 e. The molecular formula is C23H30N4O3. The number of carbonyl (C=O) groups is 3.